The molecule has 1 N–H and O–H groups in total. The van der Waals surface area contributed by atoms with Gasteiger partial charge in [0.25, 0.3) is 0 Å². The number of aromatic nitrogens is 1. The summed E-state index contributed by atoms with van der Waals surface area (Å²) in [6, 6.07) is 24.6. The van der Waals surface area contributed by atoms with Crippen LogP contribution in [0.5, 0.6) is 0 Å². The molecule has 0 unspecified atom stereocenters. The highest BCUT2D eigenvalue weighted by Crippen LogP contribution is 2.24. The van der Waals surface area contributed by atoms with Crippen molar-refractivity contribution in [3.05, 3.63) is 89.5 Å². The molecule has 0 aliphatic rings. The highest BCUT2D eigenvalue weighted by molar-refractivity contribution is 5.75. The van der Waals surface area contributed by atoms with Gasteiger partial charge >= 0.3 is 0 Å². The zero-order chi connectivity index (χ0) is 22.7. The third-order valence-corrected chi connectivity index (χ3v) is 5.45. The van der Waals surface area contributed by atoms with Gasteiger partial charge in [0.2, 0.25) is 5.89 Å². The van der Waals surface area contributed by atoms with Gasteiger partial charge in [0.15, 0.2) is 5.58 Å². The molecule has 0 aliphatic heterocycles. The molecule has 0 saturated heterocycles. The zero-order valence-electron chi connectivity index (χ0n) is 19.3. The minimum Gasteiger partial charge on any atom is -0.436 e. The van der Waals surface area contributed by atoms with Crippen LogP contribution >= 0.6 is 0 Å². The van der Waals surface area contributed by atoms with E-state index in [1.807, 2.05) is 36.4 Å². The van der Waals surface area contributed by atoms with Gasteiger partial charge in [0.05, 0.1) is 19.8 Å². The highest BCUT2D eigenvalue weighted by atomic mass is 16.5. The second kappa shape index (κ2) is 12.3. The second-order valence-electron chi connectivity index (χ2n) is 8.19. The summed E-state index contributed by atoms with van der Waals surface area (Å²) in [5, 5.41) is 3.36. The molecule has 1 heterocycles. The lowest BCUT2D eigenvalue weighted by Gasteiger charge is -2.08. The Morgan fingerprint density at radius 2 is 1.64 bits per heavy atom. The third kappa shape index (κ3) is 7.26. The van der Waals surface area contributed by atoms with E-state index in [2.05, 4.69) is 53.6 Å². The Balaban J connectivity index is 1.04. The maximum Gasteiger partial charge on any atom is 0.227 e. The second-order valence-corrected chi connectivity index (χ2v) is 8.19. The summed E-state index contributed by atoms with van der Waals surface area (Å²) in [5.41, 5.74) is 6.48. The number of hydrogen-bond acceptors (Lipinski definition) is 5. The fourth-order valence-corrected chi connectivity index (χ4v) is 3.69. The number of ether oxygens (including phenoxy) is 2. The number of benzene rings is 3. The fraction of sp³-hybridized carbons (Fsp3) is 0.321. The molecule has 172 valence electrons. The SMILES string of the molecule is Cc1cccc(CCCOCCNCCOCc2ccc(-c3nc4ccccc4o3)cc2)c1. The smallest absolute Gasteiger partial charge is 0.227 e. The van der Waals surface area contributed by atoms with Crippen LogP contribution < -0.4 is 5.32 Å². The Morgan fingerprint density at radius 1 is 0.818 bits per heavy atom. The van der Waals surface area contributed by atoms with Gasteiger partial charge in [-0.05, 0) is 55.2 Å². The van der Waals surface area contributed by atoms with Gasteiger partial charge in [-0.2, -0.15) is 0 Å². The lowest BCUT2D eigenvalue weighted by Crippen LogP contribution is -2.24. The fourth-order valence-electron chi connectivity index (χ4n) is 3.69. The average molecular weight is 445 g/mol. The van der Waals surface area contributed by atoms with Crippen molar-refractivity contribution in [1.82, 2.24) is 10.3 Å². The molecule has 33 heavy (non-hydrogen) atoms. The topological polar surface area (TPSA) is 56.5 Å². The van der Waals surface area contributed by atoms with Crippen LogP contribution in [0, 0.1) is 6.92 Å². The number of hydrogen-bond donors (Lipinski definition) is 1. The Hall–Kier alpha value is -2.99. The van der Waals surface area contributed by atoms with Crippen molar-refractivity contribution in [3.63, 3.8) is 0 Å². The highest BCUT2D eigenvalue weighted by Gasteiger charge is 2.07. The van der Waals surface area contributed by atoms with Gasteiger partial charge in [0.1, 0.15) is 5.52 Å². The number of nitrogens with zero attached hydrogens (tertiary/aromatic N) is 1. The largest absolute Gasteiger partial charge is 0.436 e. The van der Waals surface area contributed by atoms with Crippen LogP contribution in [0.25, 0.3) is 22.6 Å². The number of fused-ring (bicyclic) bond motifs is 1. The molecular weight excluding hydrogens is 412 g/mol. The van der Waals surface area contributed by atoms with Gasteiger partial charge in [-0.3, -0.25) is 0 Å². The molecule has 0 radical (unpaired) electrons. The Labute approximate surface area is 195 Å². The number of aryl methyl sites for hydroxylation is 2. The predicted octanol–water partition coefficient (Wildman–Crippen LogP) is 5.56. The summed E-state index contributed by atoms with van der Waals surface area (Å²) in [6.45, 7) is 6.56. The molecule has 5 nitrogen and oxygen atoms in total. The van der Waals surface area contributed by atoms with Crippen molar-refractivity contribution in [1.29, 1.82) is 0 Å². The number of oxazole rings is 1. The van der Waals surface area contributed by atoms with E-state index < -0.39 is 0 Å². The first-order valence-electron chi connectivity index (χ1n) is 11.6. The van der Waals surface area contributed by atoms with Gasteiger partial charge in [-0.15, -0.1) is 0 Å². The van der Waals surface area contributed by atoms with E-state index in [9.17, 15) is 0 Å². The maximum atomic E-state index is 5.82. The lowest BCUT2D eigenvalue weighted by molar-refractivity contribution is 0.113. The molecular formula is C28H32N2O3. The normalized spacial score (nSPS) is 11.3. The summed E-state index contributed by atoms with van der Waals surface area (Å²) in [6.07, 6.45) is 2.12. The van der Waals surface area contributed by atoms with Gasteiger partial charge < -0.3 is 19.2 Å². The summed E-state index contributed by atoms with van der Waals surface area (Å²) in [7, 11) is 0. The average Bonchev–Trinajstić information content (AvgIpc) is 3.27. The van der Waals surface area contributed by atoms with Gasteiger partial charge in [-0.1, -0.05) is 54.1 Å². The summed E-state index contributed by atoms with van der Waals surface area (Å²) in [5.74, 6) is 0.644. The van der Waals surface area contributed by atoms with Crippen LogP contribution in [0.4, 0.5) is 0 Å². The molecule has 4 rings (SSSR count). The summed E-state index contributed by atoms with van der Waals surface area (Å²) >= 11 is 0. The zero-order valence-corrected chi connectivity index (χ0v) is 19.3. The quantitative estimate of drug-likeness (QED) is 0.274. The standard InChI is InChI=1S/C28H32N2O3/c1-22-6-4-7-23(20-22)8-5-17-31-18-15-29-16-19-32-21-24-11-13-25(14-12-24)28-30-26-9-2-3-10-27(26)33-28/h2-4,6-7,9-14,20,29H,5,8,15-19,21H2,1H3. The van der Waals surface area contributed by atoms with Crippen molar-refractivity contribution < 1.29 is 13.9 Å². The van der Waals surface area contributed by atoms with E-state index in [0.29, 0.717) is 19.1 Å². The van der Waals surface area contributed by atoms with Crippen LogP contribution in [-0.2, 0) is 22.5 Å². The summed E-state index contributed by atoms with van der Waals surface area (Å²) in [4.78, 5) is 4.54. The van der Waals surface area contributed by atoms with E-state index >= 15 is 0 Å². The van der Waals surface area contributed by atoms with Crippen molar-refractivity contribution in [2.45, 2.75) is 26.4 Å². The van der Waals surface area contributed by atoms with E-state index in [0.717, 1.165) is 61.4 Å². The molecule has 0 bridgehead atoms. The molecule has 1 aromatic heterocycles. The molecule has 4 aromatic rings. The monoisotopic (exact) mass is 444 g/mol. The molecule has 0 amide bonds. The predicted molar refractivity (Wildman–Crippen MR) is 132 cm³/mol. The minimum atomic E-state index is 0.588. The Morgan fingerprint density at radius 3 is 2.45 bits per heavy atom. The van der Waals surface area contributed by atoms with Crippen LogP contribution in [0.3, 0.4) is 0 Å². The van der Waals surface area contributed by atoms with Crippen LogP contribution in [0.15, 0.2) is 77.2 Å². The van der Waals surface area contributed by atoms with Crippen molar-refractivity contribution >= 4 is 11.1 Å². The van der Waals surface area contributed by atoms with Crippen LogP contribution in [0.2, 0.25) is 0 Å². The van der Waals surface area contributed by atoms with E-state index in [-0.39, 0.29) is 0 Å². The van der Waals surface area contributed by atoms with Crippen molar-refractivity contribution in [2.75, 3.05) is 32.9 Å². The lowest BCUT2D eigenvalue weighted by atomic mass is 10.1. The van der Waals surface area contributed by atoms with E-state index in [1.165, 1.54) is 11.1 Å². The molecule has 0 spiro atoms. The number of para-hydroxylation sites is 2. The van der Waals surface area contributed by atoms with Crippen molar-refractivity contribution in [2.24, 2.45) is 0 Å². The molecule has 0 saturated carbocycles. The maximum absolute atomic E-state index is 5.82. The number of nitrogens with one attached hydrogen (secondary N) is 1. The van der Waals surface area contributed by atoms with Gasteiger partial charge in [0, 0.05) is 25.3 Å². The van der Waals surface area contributed by atoms with Crippen molar-refractivity contribution in [3.8, 4) is 11.5 Å². The molecule has 0 atom stereocenters. The van der Waals surface area contributed by atoms with Crippen LogP contribution in [-0.4, -0.2) is 37.9 Å². The molecule has 3 aromatic carbocycles. The first-order chi connectivity index (χ1) is 16.3. The first kappa shape index (κ1) is 23.2. The molecule has 5 heteroatoms. The minimum absolute atomic E-state index is 0.588. The first-order valence-corrected chi connectivity index (χ1v) is 11.6. The molecule has 0 aliphatic carbocycles. The summed E-state index contributed by atoms with van der Waals surface area (Å²) < 4.78 is 17.3. The van der Waals surface area contributed by atoms with E-state index in [4.69, 9.17) is 13.9 Å². The molecule has 0 fully saturated rings. The number of rotatable bonds is 13. The Bertz CT molecular complexity index is 1090. The third-order valence-electron chi connectivity index (χ3n) is 5.45. The van der Waals surface area contributed by atoms with Gasteiger partial charge in [-0.25, -0.2) is 4.98 Å². The van der Waals surface area contributed by atoms with E-state index in [1.54, 1.807) is 0 Å². The van der Waals surface area contributed by atoms with Crippen LogP contribution in [0.1, 0.15) is 23.1 Å². The Kier molecular flexibility index (Phi) is 8.64.